The number of nitrogens with zero attached hydrogens (tertiary/aromatic N) is 2. The van der Waals surface area contributed by atoms with E-state index in [0.717, 1.165) is 36.5 Å². The lowest BCUT2D eigenvalue weighted by Crippen LogP contribution is -2.38. The molecule has 0 heterocycles. The van der Waals surface area contributed by atoms with Crippen molar-refractivity contribution in [3.05, 3.63) is 70.8 Å². The molecule has 0 unspecified atom stereocenters. The van der Waals surface area contributed by atoms with E-state index in [0.29, 0.717) is 24.2 Å². The molecule has 2 rings (SSSR count). The number of hydrogen-bond donors (Lipinski definition) is 3. The number of nitrogens with one attached hydrogen (secondary N) is 3. The number of aliphatic imine (C=N–C) groups is 1. The second-order valence-electron chi connectivity index (χ2n) is 7.37. The Morgan fingerprint density at radius 2 is 1.58 bits per heavy atom. The third-order valence-electron chi connectivity index (χ3n) is 4.72. The van der Waals surface area contributed by atoms with E-state index in [1.54, 1.807) is 32.1 Å². The van der Waals surface area contributed by atoms with Gasteiger partial charge in [-0.15, -0.1) is 0 Å². The highest BCUT2D eigenvalue weighted by atomic mass is 16.2. The highest BCUT2D eigenvalue weighted by Gasteiger charge is 2.08. The van der Waals surface area contributed by atoms with Crippen LogP contribution in [0.25, 0.3) is 0 Å². The van der Waals surface area contributed by atoms with Crippen LogP contribution in [0.4, 0.5) is 0 Å². The second kappa shape index (κ2) is 12.4. The van der Waals surface area contributed by atoms with E-state index >= 15 is 0 Å². The number of guanidine groups is 1. The quantitative estimate of drug-likeness (QED) is 0.426. The first-order valence-corrected chi connectivity index (χ1v) is 10.6. The smallest absolute Gasteiger partial charge is 0.253 e. The highest BCUT2D eigenvalue weighted by Crippen LogP contribution is 2.08. The fraction of sp³-hybridized carbons (Fsp3) is 0.375. The number of benzene rings is 2. The predicted octanol–water partition coefficient (Wildman–Crippen LogP) is 2.09. The zero-order valence-electron chi connectivity index (χ0n) is 18.9. The SMILES string of the molecule is CCNC(=NCCc1cccc(C(=O)NC)c1)NCCc1cccc(C(=O)N(C)C)c1. The maximum absolute atomic E-state index is 12.1. The van der Waals surface area contributed by atoms with Gasteiger partial charge < -0.3 is 20.9 Å². The summed E-state index contributed by atoms with van der Waals surface area (Å²) in [7, 11) is 5.14. The van der Waals surface area contributed by atoms with Crippen LogP contribution in [0.1, 0.15) is 38.8 Å². The van der Waals surface area contributed by atoms with Crippen LogP contribution in [0.3, 0.4) is 0 Å². The first-order chi connectivity index (χ1) is 14.9. The summed E-state index contributed by atoms with van der Waals surface area (Å²) in [5.74, 6) is 0.674. The van der Waals surface area contributed by atoms with Crippen LogP contribution in [0.5, 0.6) is 0 Å². The molecule has 3 N–H and O–H groups in total. The van der Waals surface area contributed by atoms with Crippen molar-refractivity contribution in [2.75, 3.05) is 40.8 Å². The largest absolute Gasteiger partial charge is 0.357 e. The van der Waals surface area contributed by atoms with Crippen molar-refractivity contribution in [1.82, 2.24) is 20.9 Å². The summed E-state index contributed by atoms with van der Waals surface area (Å²) < 4.78 is 0. The molecule has 0 bridgehead atoms. The molecule has 2 aromatic rings. The van der Waals surface area contributed by atoms with E-state index in [9.17, 15) is 9.59 Å². The first kappa shape index (κ1) is 23.9. The molecule has 0 aliphatic carbocycles. The molecule has 0 fully saturated rings. The maximum atomic E-state index is 12.1. The number of amides is 2. The summed E-state index contributed by atoms with van der Waals surface area (Å²) in [6.45, 7) is 4.11. The Kier molecular flexibility index (Phi) is 9.55. The Labute approximate surface area is 184 Å². The average molecular weight is 424 g/mol. The standard InChI is InChI=1S/C24H33N5O2/c1-5-26-24(27-14-12-18-8-6-10-20(16-18)22(30)25-2)28-15-13-19-9-7-11-21(17-19)23(31)29(3)4/h6-11,16-17H,5,12-15H2,1-4H3,(H,25,30)(H2,26,27,28). The van der Waals surface area contributed by atoms with Crippen LogP contribution in [-0.4, -0.2) is 63.5 Å². The molecule has 0 aliphatic rings. The van der Waals surface area contributed by atoms with Gasteiger partial charge in [0.25, 0.3) is 11.8 Å². The molecule has 2 aromatic carbocycles. The lowest BCUT2D eigenvalue weighted by atomic mass is 10.1. The van der Waals surface area contributed by atoms with Gasteiger partial charge in [0.1, 0.15) is 0 Å². The zero-order chi connectivity index (χ0) is 22.6. The molecule has 0 spiro atoms. The fourth-order valence-electron chi connectivity index (χ4n) is 3.09. The van der Waals surface area contributed by atoms with Crippen LogP contribution in [0.2, 0.25) is 0 Å². The van der Waals surface area contributed by atoms with Crippen LogP contribution in [-0.2, 0) is 12.8 Å². The van der Waals surface area contributed by atoms with Crippen LogP contribution >= 0.6 is 0 Å². The van der Waals surface area contributed by atoms with E-state index in [1.165, 1.54) is 0 Å². The van der Waals surface area contributed by atoms with Crippen LogP contribution in [0.15, 0.2) is 53.5 Å². The fourth-order valence-corrected chi connectivity index (χ4v) is 3.09. The van der Waals surface area contributed by atoms with Gasteiger partial charge >= 0.3 is 0 Å². The summed E-state index contributed by atoms with van der Waals surface area (Å²) in [5, 5.41) is 9.24. The molecule has 0 saturated carbocycles. The van der Waals surface area contributed by atoms with E-state index in [4.69, 9.17) is 0 Å². The van der Waals surface area contributed by atoms with Crippen molar-refractivity contribution < 1.29 is 9.59 Å². The van der Waals surface area contributed by atoms with Crippen LogP contribution < -0.4 is 16.0 Å². The summed E-state index contributed by atoms with van der Waals surface area (Å²) >= 11 is 0. The van der Waals surface area contributed by atoms with Crippen molar-refractivity contribution in [2.24, 2.45) is 4.99 Å². The molecule has 7 nitrogen and oxygen atoms in total. The minimum Gasteiger partial charge on any atom is -0.357 e. The maximum Gasteiger partial charge on any atom is 0.253 e. The average Bonchev–Trinajstić information content (AvgIpc) is 2.78. The van der Waals surface area contributed by atoms with Gasteiger partial charge in [-0.25, -0.2) is 0 Å². The predicted molar refractivity (Wildman–Crippen MR) is 126 cm³/mol. The first-order valence-electron chi connectivity index (χ1n) is 10.6. The van der Waals surface area contributed by atoms with Crippen molar-refractivity contribution in [3.8, 4) is 0 Å². The van der Waals surface area contributed by atoms with Crippen LogP contribution in [0, 0.1) is 0 Å². The third kappa shape index (κ3) is 7.77. The lowest BCUT2D eigenvalue weighted by molar-refractivity contribution is 0.0827. The number of rotatable bonds is 9. The molecular formula is C24H33N5O2. The molecule has 0 aliphatic heterocycles. The Morgan fingerprint density at radius 3 is 2.23 bits per heavy atom. The van der Waals surface area contributed by atoms with Crippen molar-refractivity contribution >= 4 is 17.8 Å². The van der Waals surface area contributed by atoms with E-state index < -0.39 is 0 Å². The Bertz CT molecular complexity index is 908. The summed E-state index contributed by atoms with van der Waals surface area (Å²) in [5.41, 5.74) is 3.52. The summed E-state index contributed by atoms with van der Waals surface area (Å²) in [6.07, 6.45) is 1.53. The third-order valence-corrected chi connectivity index (χ3v) is 4.72. The topological polar surface area (TPSA) is 85.8 Å². The van der Waals surface area contributed by atoms with Gasteiger partial charge in [-0.1, -0.05) is 24.3 Å². The van der Waals surface area contributed by atoms with Crippen molar-refractivity contribution in [2.45, 2.75) is 19.8 Å². The zero-order valence-corrected chi connectivity index (χ0v) is 18.9. The monoisotopic (exact) mass is 423 g/mol. The molecule has 0 saturated heterocycles. The summed E-state index contributed by atoms with van der Waals surface area (Å²) in [4.78, 5) is 30.1. The Hall–Kier alpha value is -3.35. The second-order valence-corrected chi connectivity index (χ2v) is 7.37. The van der Waals surface area contributed by atoms with Gasteiger partial charge in [-0.2, -0.15) is 0 Å². The minimum absolute atomic E-state index is 0.00481. The molecule has 2 amide bonds. The Balaban J connectivity index is 1.90. The molecular weight excluding hydrogens is 390 g/mol. The normalized spacial score (nSPS) is 11.0. The number of carbonyl (C=O) groups excluding carboxylic acids is 2. The van der Waals surface area contributed by atoms with Crippen molar-refractivity contribution in [3.63, 3.8) is 0 Å². The number of hydrogen-bond acceptors (Lipinski definition) is 3. The van der Waals surface area contributed by atoms with E-state index in [1.807, 2.05) is 49.4 Å². The summed E-state index contributed by atoms with van der Waals surface area (Å²) in [6, 6.07) is 15.3. The van der Waals surface area contributed by atoms with E-state index in [-0.39, 0.29) is 11.8 Å². The van der Waals surface area contributed by atoms with E-state index in [2.05, 4.69) is 20.9 Å². The molecule has 31 heavy (non-hydrogen) atoms. The van der Waals surface area contributed by atoms with Gasteiger partial charge in [0.05, 0.1) is 0 Å². The van der Waals surface area contributed by atoms with Gasteiger partial charge in [0, 0.05) is 51.9 Å². The molecule has 0 aromatic heterocycles. The van der Waals surface area contributed by atoms with Gasteiger partial charge in [-0.05, 0) is 55.2 Å². The van der Waals surface area contributed by atoms with Gasteiger partial charge in [0.2, 0.25) is 0 Å². The Morgan fingerprint density at radius 1 is 0.935 bits per heavy atom. The molecule has 0 atom stereocenters. The molecule has 166 valence electrons. The van der Waals surface area contributed by atoms with Gasteiger partial charge in [-0.3, -0.25) is 14.6 Å². The molecule has 0 radical (unpaired) electrons. The number of carbonyl (C=O) groups is 2. The lowest BCUT2D eigenvalue weighted by Gasteiger charge is -2.13. The van der Waals surface area contributed by atoms with Crippen molar-refractivity contribution in [1.29, 1.82) is 0 Å². The molecule has 7 heteroatoms. The minimum atomic E-state index is -0.0864. The van der Waals surface area contributed by atoms with Gasteiger partial charge in [0.15, 0.2) is 5.96 Å². The highest BCUT2D eigenvalue weighted by molar-refractivity contribution is 5.94.